The van der Waals surface area contributed by atoms with Crippen LogP contribution < -0.4 is 5.84 Å². The van der Waals surface area contributed by atoms with Gasteiger partial charge in [-0.25, -0.2) is 18.1 Å². The van der Waals surface area contributed by atoms with Crippen molar-refractivity contribution in [2.24, 2.45) is 10.9 Å². The van der Waals surface area contributed by atoms with Gasteiger partial charge in [0.25, 0.3) is 0 Å². The summed E-state index contributed by atoms with van der Waals surface area (Å²) in [7, 11) is 0. The van der Waals surface area contributed by atoms with E-state index in [-0.39, 0.29) is 33.3 Å². The van der Waals surface area contributed by atoms with Crippen LogP contribution in [0.15, 0.2) is 59.7 Å². The fourth-order valence-electron chi connectivity index (χ4n) is 3.60. The van der Waals surface area contributed by atoms with E-state index in [4.69, 9.17) is 11.3 Å². The molecule has 3 aromatic carbocycles. The van der Waals surface area contributed by atoms with Crippen LogP contribution in [-0.2, 0) is 0 Å². The molecule has 6 N–H and O–H groups in total. The van der Waals surface area contributed by atoms with Gasteiger partial charge in [-0.2, -0.15) is 5.10 Å². The highest BCUT2D eigenvalue weighted by atomic mass is 19.2. The molecule has 0 bridgehead atoms. The Bertz CT molecular complexity index is 1480. The molecule has 0 aliphatic heterocycles. The zero-order valence-electron chi connectivity index (χ0n) is 16.8. The van der Waals surface area contributed by atoms with Crippen LogP contribution in [0, 0.1) is 17.0 Å². The molecule has 0 fully saturated rings. The van der Waals surface area contributed by atoms with Crippen LogP contribution in [-0.4, -0.2) is 37.8 Å². The lowest BCUT2D eigenvalue weighted by atomic mass is 10.0. The third kappa shape index (κ3) is 3.53. The molecular weight excluding hydrogens is 434 g/mol. The number of aromatic hydroxyl groups is 2. The van der Waals surface area contributed by atoms with Crippen molar-refractivity contribution in [2.45, 2.75) is 0 Å². The number of carboxylic acids is 1. The first kappa shape index (κ1) is 21.5. The van der Waals surface area contributed by atoms with Crippen LogP contribution in [0.1, 0.15) is 15.9 Å². The van der Waals surface area contributed by atoms with E-state index in [1.54, 1.807) is 0 Å². The maximum absolute atomic E-state index is 13.7. The Morgan fingerprint density at radius 2 is 1.61 bits per heavy atom. The zero-order chi connectivity index (χ0) is 23.9. The summed E-state index contributed by atoms with van der Waals surface area (Å²) in [6.07, 6.45) is 0.920. The highest BCUT2D eigenvalue weighted by Gasteiger charge is 2.23. The summed E-state index contributed by atoms with van der Waals surface area (Å²) >= 11 is 0. The first-order valence-corrected chi connectivity index (χ1v) is 9.45. The quantitative estimate of drug-likeness (QED) is 0.177. The largest absolute Gasteiger partial charge is 0.494 e. The number of benzene rings is 3. The van der Waals surface area contributed by atoms with Crippen LogP contribution in [0.5, 0.6) is 11.8 Å². The second-order valence-electron chi connectivity index (χ2n) is 7.07. The highest BCUT2D eigenvalue weighted by Crippen LogP contribution is 2.41. The van der Waals surface area contributed by atoms with E-state index >= 15 is 0 Å². The highest BCUT2D eigenvalue weighted by molar-refractivity contribution is 6.37. The molecule has 166 valence electrons. The van der Waals surface area contributed by atoms with Gasteiger partial charge in [0.1, 0.15) is 5.71 Å². The van der Waals surface area contributed by atoms with Crippen molar-refractivity contribution in [1.29, 1.82) is 5.41 Å². The topological polar surface area (TPSA) is 145 Å². The zero-order valence-corrected chi connectivity index (χ0v) is 16.8. The van der Waals surface area contributed by atoms with E-state index in [1.807, 2.05) is 0 Å². The molecule has 10 heteroatoms. The summed E-state index contributed by atoms with van der Waals surface area (Å²) in [5.41, 5.74) is 0.748. The van der Waals surface area contributed by atoms with E-state index in [0.29, 0.717) is 11.1 Å². The number of nitrogens with zero attached hydrogens (tertiary/aromatic N) is 2. The molecule has 8 nitrogen and oxygen atoms in total. The number of fused-ring (bicyclic) bond motifs is 1. The Morgan fingerprint density at radius 1 is 0.939 bits per heavy atom. The van der Waals surface area contributed by atoms with Gasteiger partial charge in [-0.05, 0) is 47.5 Å². The van der Waals surface area contributed by atoms with Gasteiger partial charge in [0.05, 0.1) is 11.3 Å². The number of nitrogens with two attached hydrogens (primary N) is 1. The molecule has 0 saturated carbocycles. The van der Waals surface area contributed by atoms with Crippen molar-refractivity contribution in [3.63, 3.8) is 0 Å². The summed E-state index contributed by atoms with van der Waals surface area (Å²) in [6, 6.07) is 11.6. The minimum Gasteiger partial charge on any atom is -0.494 e. The van der Waals surface area contributed by atoms with Crippen molar-refractivity contribution in [2.75, 3.05) is 0 Å². The lowest BCUT2D eigenvalue weighted by Gasteiger charge is -2.13. The number of hydrogen-bond acceptors (Lipinski definition) is 6. The van der Waals surface area contributed by atoms with Crippen LogP contribution >= 0.6 is 0 Å². The lowest BCUT2D eigenvalue weighted by molar-refractivity contribution is 0.0697. The smallest absolute Gasteiger partial charge is 0.337 e. The monoisotopic (exact) mass is 450 g/mol. The summed E-state index contributed by atoms with van der Waals surface area (Å²) in [4.78, 5) is 11.9. The molecular formula is C23H16F2N4O4. The number of carboxylic acid groups (broad SMARTS) is 1. The van der Waals surface area contributed by atoms with E-state index in [0.717, 1.165) is 22.9 Å². The average Bonchev–Trinajstić information content (AvgIpc) is 3.05. The molecule has 33 heavy (non-hydrogen) atoms. The Morgan fingerprint density at radius 3 is 2.24 bits per heavy atom. The van der Waals surface area contributed by atoms with Gasteiger partial charge in [0.15, 0.2) is 11.6 Å². The summed E-state index contributed by atoms with van der Waals surface area (Å²) in [6.45, 7) is 0. The maximum Gasteiger partial charge on any atom is 0.337 e. The molecule has 4 aromatic rings. The van der Waals surface area contributed by atoms with Gasteiger partial charge >= 0.3 is 5.97 Å². The summed E-state index contributed by atoms with van der Waals surface area (Å²) < 4.78 is 28.0. The third-order valence-electron chi connectivity index (χ3n) is 5.22. The third-order valence-corrected chi connectivity index (χ3v) is 5.22. The normalized spacial score (nSPS) is 11.6. The van der Waals surface area contributed by atoms with Gasteiger partial charge in [-0.1, -0.05) is 18.2 Å². The van der Waals surface area contributed by atoms with E-state index < -0.39 is 29.4 Å². The van der Waals surface area contributed by atoms with Crippen molar-refractivity contribution in [3.05, 3.63) is 77.4 Å². The number of rotatable bonds is 5. The van der Waals surface area contributed by atoms with Gasteiger partial charge < -0.3 is 26.6 Å². The molecule has 4 rings (SSSR count). The van der Waals surface area contributed by atoms with Crippen LogP contribution in [0.3, 0.4) is 0 Å². The number of nitrogens with one attached hydrogen (secondary N) is 1. The van der Waals surface area contributed by atoms with Gasteiger partial charge in [0, 0.05) is 22.6 Å². The summed E-state index contributed by atoms with van der Waals surface area (Å²) in [5.74, 6) is 0.907. The Labute approximate surface area is 185 Å². The van der Waals surface area contributed by atoms with Crippen LogP contribution in [0.2, 0.25) is 0 Å². The Hall–Kier alpha value is -4.73. The molecule has 0 saturated heterocycles. The maximum atomic E-state index is 13.7. The minimum absolute atomic E-state index is 0.0998. The van der Waals surface area contributed by atoms with Gasteiger partial charge in [0.2, 0.25) is 11.8 Å². The molecule has 1 heterocycles. The molecule has 0 unspecified atom stereocenters. The second kappa shape index (κ2) is 8.08. The molecule has 0 aliphatic carbocycles. The number of hydrazone groups is 1. The molecule has 0 spiro atoms. The lowest BCUT2D eigenvalue weighted by Crippen LogP contribution is -2.05. The predicted octanol–water partition coefficient (Wildman–Crippen LogP) is 4.00. The number of aromatic carboxylic acids is 1. The predicted molar refractivity (Wildman–Crippen MR) is 118 cm³/mol. The van der Waals surface area contributed by atoms with Gasteiger partial charge in [-0.3, -0.25) is 0 Å². The van der Waals surface area contributed by atoms with Crippen molar-refractivity contribution in [1.82, 2.24) is 4.57 Å². The Kier molecular flexibility index (Phi) is 5.26. The van der Waals surface area contributed by atoms with Crippen molar-refractivity contribution >= 4 is 28.7 Å². The first-order valence-electron chi connectivity index (χ1n) is 9.45. The van der Waals surface area contributed by atoms with E-state index in [2.05, 4.69) is 5.10 Å². The first-order chi connectivity index (χ1) is 15.8. The molecule has 1 aromatic heterocycles. The van der Waals surface area contributed by atoms with E-state index in [9.17, 15) is 28.9 Å². The van der Waals surface area contributed by atoms with Crippen molar-refractivity contribution in [3.8, 4) is 28.6 Å². The molecule has 0 atom stereocenters. The fourth-order valence-corrected chi connectivity index (χ4v) is 3.60. The number of halogens is 2. The SMILES string of the molecule is N=C/C(=N\N)c1ccc2c(O)n(-c3cc(-c4ccc(F)c(F)c4)ccc3C(=O)O)c(O)c2c1. The minimum atomic E-state index is -1.33. The fraction of sp³-hybridized carbons (Fsp3) is 0. The van der Waals surface area contributed by atoms with Crippen LogP contribution in [0.4, 0.5) is 8.78 Å². The number of aromatic nitrogens is 1. The average molecular weight is 450 g/mol. The van der Waals surface area contributed by atoms with Crippen LogP contribution in [0.25, 0.3) is 27.6 Å². The van der Waals surface area contributed by atoms with Crippen molar-refractivity contribution < 1.29 is 28.9 Å². The molecule has 0 radical (unpaired) electrons. The number of hydrogen-bond donors (Lipinski definition) is 5. The second-order valence-corrected chi connectivity index (χ2v) is 7.07. The Balaban J connectivity index is 1.98. The van der Waals surface area contributed by atoms with E-state index in [1.165, 1.54) is 42.5 Å². The molecule has 0 amide bonds. The standard InChI is InChI=1S/C23H16F2N4O4/c24-17-6-3-11(8-18(17)25)12-1-5-15(23(32)33)20(9-12)29-21(30)14-4-2-13(19(10-26)28-27)7-16(14)22(29)31/h1-10,26,30-31H,27H2,(H,32,33)/b26-10?,28-19+. The number of carbonyl (C=O) groups is 1. The summed E-state index contributed by atoms with van der Waals surface area (Å²) in [5, 5.41) is 42.6. The molecule has 0 aliphatic rings. The van der Waals surface area contributed by atoms with Gasteiger partial charge in [-0.15, -0.1) is 0 Å².